The second-order valence-electron chi connectivity index (χ2n) is 4.46. The Bertz CT molecular complexity index is 437. The van der Waals surface area contributed by atoms with Crippen molar-refractivity contribution in [1.29, 1.82) is 0 Å². The van der Waals surface area contributed by atoms with Crippen LogP contribution in [0.3, 0.4) is 0 Å². The van der Waals surface area contributed by atoms with Gasteiger partial charge in [0.1, 0.15) is 0 Å². The van der Waals surface area contributed by atoms with Crippen LogP contribution in [0, 0.1) is 0 Å². The van der Waals surface area contributed by atoms with Crippen LogP contribution in [0.5, 0.6) is 0 Å². The smallest absolute Gasteiger partial charge is 0.0342 e. The third kappa shape index (κ3) is 2.14. The topological polar surface area (TPSA) is 26.0 Å². The zero-order valence-electron chi connectivity index (χ0n) is 8.58. The third-order valence-corrected chi connectivity index (χ3v) is 3.07. The fourth-order valence-corrected chi connectivity index (χ4v) is 2.42. The molecule has 2 heteroatoms. The number of benzene rings is 1. The first-order valence-electron chi connectivity index (χ1n) is 4.80. The fraction of sp³-hybridized carbons (Fsp3) is 0.333. The Labute approximate surface area is 88.6 Å². The maximum absolute atomic E-state index is 5.99. The van der Waals surface area contributed by atoms with Crippen molar-refractivity contribution >= 4 is 21.4 Å². The maximum atomic E-state index is 5.99. The zero-order valence-corrected chi connectivity index (χ0v) is 9.40. The summed E-state index contributed by atoms with van der Waals surface area (Å²) >= 11 is 1.78. The lowest BCUT2D eigenvalue weighted by atomic mass is 9.96. The quantitative estimate of drug-likeness (QED) is 0.800. The molecule has 0 fully saturated rings. The summed E-state index contributed by atoms with van der Waals surface area (Å²) in [5, 5.41) is 3.46. The van der Waals surface area contributed by atoms with Crippen molar-refractivity contribution in [3.63, 3.8) is 0 Å². The predicted molar refractivity (Wildman–Crippen MR) is 63.8 cm³/mol. The second-order valence-corrected chi connectivity index (χ2v) is 5.41. The van der Waals surface area contributed by atoms with Crippen molar-refractivity contribution in [3.8, 4) is 0 Å². The number of fused-ring (bicyclic) bond motifs is 1. The summed E-state index contributed by atoms with van der Waals surface area (Å²) in [6.45, 7) is 4.12. The lowest BCUT2D eigenvalue weighted by molar-refractivity contribution is 0.517. The molecule has 0 bridgehead atoms. The first-order valence-corrected chi connectivity index (χ1v) is 5.68. The molecular weight excluding hydrogens is 190 g/mol. The molecule has 1 nitrogen and oxygen atoms in total. The van der Waals surface area contributed by atoms with Gasteiger partial charge in [-0.1, -0.05) is 12.1 Å². The number of hydrogen-bond donors (Lipinski definition) is 1. The van der Waals surface area contributed by atoms with Gasteiger partial charge in [-0.15, -0.1) is 11.3 Å². The SMILES string of the molecule is CC(C)(N)Cc1ccc2sccc2c1. The molecule has 0 aliphatic carbocycles. The van der Waals surface area contributed by atoms with Crippen LogP contribution in [-0.2, 0) is 6.42 Å². The Hall–Kier alpha value is -0.860. The molecule has 0 spiro atoms. The van der Waals surface area contributed by atoms with Gasteiger partial charge in [0, 0.05) is 10.2 Å². The minimum absolute atomic E-state index is 0.121. The van der Waals surface area contributed by atoms with E-state index >= 15 is 0 Å². The molecule has 1 aromatic carbocycles. The molecule has 0 saturated carbocycles. The lowest BCUT2D eigenvalue weighted by Gasteiger charge is -2.18. The van der Waals surface area contributed by atoms with E-state index in [2.05, 4.69) is 43.5 Å². The van der Waals surface area contributed by atoms with Crippen LogP contribution < -0.4 is 5.73 Å². The van der Waals surface area contributed by atoms with Crippen molar-refractivity contribution in [2.45, 2.75) is 25.8 Å². The second kappa shape index (κ2) is 3.37. The van der Waals surface area contributed by atoms with E-state index in [1.54, 1.807) is 11.3 Å². The highest BCUT2D eigenvalue weighted by atomic mass is 32.1. The van der Waals surface area contributed by atoms with E-state index in [1.807, 2.05) is 0 Å². The Kier molecular flexibility index (Phi) is 2.33. The van der Waals surface area contributed by atoms with Crippen molar-refractivity contribution in [1.82, 2.24) is 0 Å². The molecule has 0 atom stereocenters. The van der Waals surface area contributed by atoms with Crippen molar-refractivity contribution < 1.29 is 0 Å². The van der Waals surface area contributed by atoms with E-state index < -0.39 is 0 Å². The van der Waals surface area contributed by atoms with Crippen LogP contribution in [-0.4, -0.2) is 5.54 Å². The third-order valence-electron chi connectivity index (χ3n) is 2.18. The Balaban J connectivity index is 2.35. The van der Waals surface area contributed by atoms with Crippen LogP contribution in [0.25, 0.3) is 10.1 Å². The Morgan fingerprint density at radius 3 is 2.79 bits per heavy atom. The average Bonchev–Trinajstić information content (AvgIpc) is 2.47. The molecule has 1 aromatic heterocycles. The van der Waals surface area contributed by atoms with Crippen LogP contribution >= 0.6 is 11.3 Å². The van der Waals surface area contributed by atoms with Crippen molar-refractivity contribution in [3.05, 3.63) is 35.2 Å². The lowest BCUT2D eigenvalue weighted by Crippen LogP contribution is -2.34. The molecule has 0 amide bonds. The number of thiophene rings is 1. The molecule has 2 N–H and O–H groups in total. The van der Waals surface area contributed by atoms with E-state index in [9.17, 15) is 0 Å². The van der Waals surface area contributed by atoms with Crippen LogP contribution in [0.1, 0.15) is 19.4 Å². The summed E-state index contributed by atoms with van der Waals surface area (Å²) < 4.78 is 1.35. The molecule has 0 saturated heterocycles. The molecule has 0 unspecified atom stereocenters. The first kappa shape index (κ1) is 9.69. The van der Waals surface area contributed by atoms with Gasteiger partial charge < -0.3 is 5.73 Å². The van der Waals surface area contributed by atoms with Crippen molar-refractivity contribution in [2.24, 2.45) is 5.73 Å². The Morgan fingerprint density at radius 1 is 1.29 bits per heavy atom. The summed E-state index contributed by atoms with van der Waals surface area (Å²) in [6.07, 6.45) is 0.929. The van der Waals surface area contributed by atoms with Gasteiger partial charge in [-0.05, 0) is 48.7 Å². The van der Waals surface area contributed by atoms with Gasteiger partial charge in [-0.25, -0.2) is 0 Å². The molecule has 14 heavy (non-hydrogen) atoms. The molecule has 1 heterocycles. The Morgan fingerprint density at radius 2 is 2.07 bits per heavy atom. The highest BCUT2D eigenvalue weighted by molar-refractivity contribution is 7.17. The van der Waals surface area contributed by atoms with Gasteiger partial charge in [0.15, 0.2) is 0 Å². The number of rotatable bonds is 2. The first-order chi connectivity index (χ1) is 6.54. The van der Waals surface area contributed by atoms with Gasteiger partial charge in [0.25, 0.3) is 0 Å². The zero-order chi connectivity index (χ0) is 10.2. The van der Waals surface area contributed by atoms with Crippen LogP contribution in [0.4, 0.5) is 0 Å². The molecular formula is C12H15NS. The molecule has 2 rings (SSSR count). The van der Waals surface area contributed by atoms with E-state index in [0.29, 0.717) is 0 Å². The molecule has 0 radical (unpaired) electrons. The highest BCUT2D eigenvalue weighted by Gasteiger charge is 2.11. The highest BCUT2D eigenvalue weighted by Crippen LogP contribution is 2.23. The monoisotopic (exact) mass is 205 g/mol. The van der Waals surface area contributed by atoms with Gasteiger partial charge >= 0.3 is 0 Å². The summed E-state index contributed by atoms with van der Waals surface area (Å²) in [5.74, 6) is 0. The molecule has 0 aliphatic rings. The van der Waals surface area contributed by atoms with Crippen LogP contribution in [0.15, 0.2) is 29.6 Å². The summed E-state index contributed by atoms with van der Waals surface area (Å²) in [5.41, 5.74) is 7.19. The normalized spacial score (nSPS) is 12.2. The van der Waals surface area contributed by atoms with Gasteiger partial charge in [-0.3, -0.25) is 0 Å². The van der Waals surface area contributed by atoms with Crippen molar-refractivity contribution in [2.75, 3.05) is 0 Å². The molecule has 0 aliphatic heterocycles. The standard InChI is InChI=1S/C12H15NS/c1-12(2,13)8-9-3-4-11-10(7-9)5-6-14-11/h3-7H,8,13H2,1-2H3. The molecule has 74 valence electrons. The van der Waals surface area contributed by atoms with Gasteiger partial charge in [0.2, 0.25) is 0 Å². The predicted octanol–water partition coefficient (Wildman–Crippen LogP) is 3.18. The summed E-state index contributed by atoms with van der Waals surface area (Å²) in [4.78, 5) is 0. The van der Waals surface area contributed by atoms with Gasteiger partial charge in [-0.2, -0.15) is 0 Å². The number of hydrogen-bond acceptors (Lipinski definition) is 2. The average molecular weight is 205 g/mol. The van der Waals surface area contributed by atoms with Crippen LogP contribution in [0.2, 0.25) is 0 Å². The minimum Gasteiger partial charge on any atom is -0.325 e. The maximum Gasteiger partial charge on any atom is 0.0342 e. The fourth-order valence-electron chi connectivity index (χ4n) is 1.65. The number of nitrogens with two attached hydrogens (primary N) is 1. The van der Waals surface area contributed by atoms with E-state index in [1.165, 1.54) is 15.6 Å². The van der Waals surface area contributed by atoms with Gasteiger partial charge in [0.05, 0.1) is 0 Å². The minimum atomic E-state index is -0.121. The van der Waals surface area contributed by atoms with E-state index in [-0.39, 0.29) is 5.54 Å². The largest absolute Gasteiger partial charge is 0.325 e. The summed E-state index contributed by atoms with van der Waals surface area (Å²) in [6, 6.07) is 8.75. The van der Waals surface area contributed by atoms with E-state index in [4.69, 9.17) is 5.73 Å². The summed E-state index contributed by atoms with van der Waals surface area (Å²) in [7, 11) is 0. The van der Waals surface area contributed by atoms with E-state index in [0.717, 1.165) is 6.42 Å². The molecule has 2 aromatic rings.